The summed E-state index contributed by atoms with van der Waals surface area (Å²) in [4.78, 5) is -0.00377. The van der Waals surface area contributed by atoms with Crippen LogP contribution < -0.4 is 10.5 Å². The fourth-order valence-electron chi connectivity index (χ4n) is 2.95. The van der Waals surface area contributed by atoms with E-state index in [9.17, 15) is 13.5 Å². The van der Waals surface area contributed by atoms with Crippen LogP contribution >= 0.6 is 12.2 Å². The van der Waals surface area contributed by atoms with Crippen molar-refractivity contribution in [3.63, 3.8) is 0 Å². The summed E-state index contributed by atoms with van der Waals surface area (Å²) in [6.45, 7) is 6.33. The number of fused-ring (bicyclic) bond motifs is 1. The van der Waals surface area contributed by atoms with Gasteiger partial charge in [0.2, 0.25) is 21.0 Å². The second kappa shape index (κ2) is 7.78. The van der Waals surface area contributed by atoms with E-state index in [-0.39, 0.29) is 21.3 Å². The van der Waals surface area contributed by atoms with Crippen LogP contribution in [0, 0.1) is 0 Å². The summed E-state index contributed by atoms with van der Waals surface area (Å²) in [5.74, 6) is -0.0138. The predicted molar refractivity (Wildman–Crippen MR) is 122 cm³/mol. The van der Waals surface area contributed by atoms with Gasteiger partial charge in [-0.1, -0.05) is 26.8 Å². The lowest BCUT2D eigenvalue weighted by molar-refractivity contribution is 0.436. The molecule has 4 N–H and O–H groups in total. The first-order valence-corrected chi connectivity index (χ1v) is 11.0. The van der Waals surface area contributed by atoms with Gasteiger partial charge in [0.05, 0.1) is 10.4 Å². The first-order chi connectivity index (χ1) is 13.9. The zero-order valence-corrected chi connectivity index (χ0v) is 18.7. The number of nitrogens with one attached hydrogen (secondary N) is 1. The predicted octanol–water partition coefficient (Wildman–Crippen LogP) is 4.31. The molecule has 8 nitrogen and oxygen atoms in total. The monoisotopic (exact) mass is 445 g/mol. The minimum Gasteiger partial charge on any atom is -0.493 e. The highest BCUT2D eigenvalue weighted by Crippen LogP contribution is 2.40. The van der Waals surface area contributed by atoms with Crippen LogP contribution in [0.25, 0.3) is 10.9 Å². The molecule has 3 aromatic rings. The van der Waals surface area contributed by atoms with E-state index in [0.717, 1.165) is 16.5 Å². The fraction of sp³-hybridized carbons (Fsp3) is 0.250. The highest BCUT2D eigenvalue weighted by atomic mass is 32.2. The third kappa shape index (κ3) is 4.50. The molecule has 3 rings (SSSR count). The lowest BCUT2D eigenvalue weighted by atomic mass is 9.86. The first kappa shape index (κ1) is 21.9. The molecule has 158 valence electrons. The molecule has 0 spiro atoms. The Morgan fingerprint density at radius 2 is 1.80 bits per heavy atom. The van der Waals surface area contributed by atoms with Crippen molar-refractivity contribution in [1.82, 2.24) is 4.57 Å². The molecule has 0 aliphatic carbocycles. The highest BCUT2D eigenvalue weighted by molar-refractivity contribution is 7.89. The van der Waals surface area contributed by atoms with Crippen molar-refractivity contribution >= 4 is 49.6 Å². The molecule has 1 aromatic heterocycles. The van der Waals surface area contributed by atoms with Crippen molar-refractivity contribution in [2.75, 3.05) is 5.32 Å². The number of sulfonamides is 1. The average molecular weight is 446 g/mol. The number of rotatable bonds is 3. The van der Waals surface area contributed by atoms with Crippen LogP contribution in [0.1, 0.15) is 26.3 Å². The van der Waals surface area contributed by atoms with E-state index in [2.05, 4.69) is 36.3 Å². The highest BCUT2D eigenvalue weighted by Gasteiger charge is 2.19. The van der Waals surface area contributed by atoms with Crippen LogP contribution in [0.4, 0.5) is 11.4 Å². The number of nitrogens with zero attached hydrogens (tertiary/aromatic N) is 3. The van der Waals surface area contributed by atoms with Crippen molar-refractivity contribution < 1.29 is 13.5 Å². The Balaban J connectivity index is 1.88. The van der Waals surface area contributed by atoms with Crippen molar-refractivity contribution in [1.29, 1.82) is 0 Å². The second-order valence-electron chi connectivity index (χ2n) is 7.91. The molecule has 10 heteroatoms. The minimum absolute atomic E-state index is 0.00377. The van der Waals surface area contributed by atoms with E-state index in [1.54, 1.807) is 11.6 Å². The zero-order chi connectivity index (χ0) is 22.3. The third-order valence-corrected chi connectivity index (χ3v) is 5.80. The number of hydrogen-bond acceptors (Lipinski definition) is 5. The van der Waals surface area contributed by atoms with Crippen molar-refractivity contribution in [3.8, 4) is 5.88 Å². The first-order valence-electron chi connectivity index (χ1n) is 9.05. The lowest BCUT2D eigenvalue weighted by Crippen LogP contribution is -2.12. The van der Waals surface area contributed by atoms with Gasteiger partial charge >= 0.3 is 0 Å². The number of hydrogen-bond donors (Lipinski definition) is 3. The summed E-state index contributed by atoms with van der Waals surface area (Å²) in [7, 11) is -2.02. The van der Waals surface area contributed by atoms with Gasteiger partial charge in [0, 0.05) is 18.1 Å². The standard InChI is InChI=1S/C20H23N5O3S2/c1-20(2,3)12-5-10-16-15(11-12)17(18(26)25(16)4)23-24-19(29)22-13-6-8-14(9-7-13)30(21,27)28/h5-11,26H,1-4H3,(H,22,29)(H2,21,27,28). The Kier molecular flexibility index (Phi) is 5.68. The Bertz CT molecular complexity index is 1250. The summed E-state index contributed by atoms with van der Waals surface area (Å²) in [6, 6.07) is 11.7. The normalized spacial score (nSPS) is 12.6. The number of azo groups is 1. The summed E-state index contributed by atoms with van der Waals surface area (Å²) < 4.78 is 24.3. The summed E-state index contributed by atoms with van der Waals surface area (Å²) in [5.41, 5.74) is 2.73. The van der Waals surface area contributed by atoms with E-state index in [1.807, 2.05) is 18.2 Å². The van der Waals surface area contributed by atoms with Gasteiger partial charge < -0.3 is 15.0 Å². The Morgan fingerprint density at radius 1 is 1.17 bits per heavy atom. The number of anilines is 1. The second-order valence-corrected chi connectivity index (χ2v) is 9.86. The molecule has 0 fully saturated rings. The van der Waals surface area contributed by atoms with Crippen molar-refractivity contribution in [2.45, 2.75) is 31.1 Å². The Labute approximate surface area is 180 Å². The molecule has 0 aliphatic rings. The van der Waals surface area contributed by atoms with Crippen LogP contribution in [0.3, 0.4) is 0 Å². The number of primary sulfonamides is 1. The average Bonchev–Trinajstić information content (AvgIpc) is 2.89. The third-order valence-electron chi connectivity index (χ3n) is 4.68. The van der Waals surface area contributed by atoms with E-state index in [1.165, 1.54) is 24.3 Å². The molecule has 0 amide bonds. The SMILES string of the molecule is Cn1c(O)c(N=NC(=S)Nc2ccc(S(N)(=O)=O)cc2)c2cc(C(C)(C)C)ccc21. The Morgan fingerprint density at radius 3 is 2.37 bits per heavy atom. The zero-order valence-electron chi connectivity index (χ0n) is 17.0. The smallest absolute Gasteiger partial charge is 0.238 e. The molecule has 0 bridgehead atoms. The number of aryl methyl sites for hydroxylation is 1. The lowest BCUT2D eigenvalue weighted by Gasteiger charge is -2.19. The minimum atomic E-state index is -3.76. The van der Waals surface area contributed by atoms with E-state index in [0.29, 0.717) is 11.4 Å². The molecule has 0 aliphatic heterocycles. The number of thiocarbonyl (C=S) groups is 1. The molecule has 30 heavy (non-hydrogen) atoms. The van der Waals surface area contributed by atoms with Crippen LogP contribution in [-0.4, -0.2) is 23.2 Å². The van der Waals surface area contributed by atoms with Crippen molar-refractivity contribution in [2.24, 2.45) is 22.4 Å². The largest absolute Gasteiger partial charge is 0.493 e. The van der Waals surface area contributed by atoms with E-state index >= 15 is 0 Å². The van der Waals surface area contributed by atoms with Crippen LogP contribution in [-0.2, 0) is 22.5 Å². The van der Waals surface area contributed by atoms with Gasteiger partial charge in [-0.3, -0.25) is 0 Å². The Hall–Kier alpha value is -2.82. The van der Waals surface area contributed by atoms with Crippen molar-refractivity contribution in [3.05, 3.63) is 48.0 Å². The molecular weight excluding hydrogens is 422 g/mol. The quantitative estimate of drug-likeness (QED) is 0.410. The van der Waals surface area contributed by atoms with E-state index in [4.69, 9.17) is 17.4 Å². The maximum Gasteiger partial charge on any atom is 0.238 e. The molecule has 1 heterocycles. The van der Waals surface area contributed by atoms with Crippen LogP contribution in [0.5, 0.6) is 5.88 Å². The number of aromatic nitrogens is 1. The molecule has 0 radical (unpaired) electrons. The van der Waals surface area contributed by atoms with Gasteiger partial charge in [0.15, 0.2) is 5.69 Å². The topological polar surface area (TPSA) is 122 Å². The fourth-order valence-corrected chi connectivity index (χ4v) is 3.62. The van der Waals surface area contributed by atoms with Crippen LogP contribution in [0.2, 0.25) is 0 Å². The summed E-state index contributed by atoms with van der Waals surface area (Å²) in [5, 5.41) is 27.4. The number of aromatic hydroxyl groups is 1. The molecule has 0 saturated heterocycles. The number of benzene rings is 2. The maximum atomic E-state index is 11.3. The summed E-state index contributed by atoms with van der Waals surface area (Å²) >= 11 is 5.20. The molecule has 0 saturated carbocycles. The molecule has 2 aromatic carbocycles. The molecule has 0 unspecified atom stereocenters. The van der Waals surface area contributed by atoms with Gasteiger partial charge in [-0.15, -0.1) is 10.2 Å². The number of nitrogens with two attached hydrogens (primary N) is 1. The van der Waals surface area contributed by atoms with Gasteiger partial charge in [0.1, 0.15) is 0 Å². The van der Waals surface area contributed by atoms with E-state index < -0.39 is 10.0 Å². The van der Waals surface area contributed by atoms with Gasteiger partial charge in [-0.05, 0) is 59.6 Å². The molecule has 0 atom stereocenters. The maximum absolute atomic E-state index is 11.3. The van der Waals surface area contributed by atoms with Gasteiger partial charge in [0.25, 0.3) is 0 Å². The van der Waals surface area contributed by atoms with Gasteiger partial charge in [-0.25, -0.2) is 13.6 Å². The van der Waals surface area contributed by atoms with Crippen LogP contribution in [0.15, 0.2) is 57.6 Å². The molecular formula is C20H23N5O3S2. The van der Waals surface area contributed by atoms with Gasteiger partial charge in [-0.2, -0.15) is 0 Å². The summed E-state index contributed by atoms with van der Waals surface area (Å²) in [6.07, 6.45) is 0.